The fraction of sp³-hybridized carbons (Fsp3) is 0.179. The molecule has 0 aliphatic carbocycles. The number of benzene rings is 2. The van der Waals surface area contributed by atoms with Crippen molar-refractivity contribution in [1.29, 1.82) is 5.26 Å². The number of hydrogen-bond donors (Lipinski definition) is 2. The van der Waals surface area contributed by atoms with Crippen LogP contribution in [0.1, 0.15) is 24.1 Å². The number of amides is 1. The van der Waals surface area contributed by atoms with Gasteiger partial charge < -0.3 is 24.5 Å². The van der Waals surface area contributed by atoms with Gasteiger partial charge >= 0.3 is 0 Å². The van der Waals surface area contributed by atoms with Crippen LogP contribution in [0.25, 0.3) is 28.2 Å². The summed E-state index contributed by atoms with van der Waals surface area (Å²) in [5.74, 6) is 0.551. The van der Waals surface area contributed by atoms with Gasteiger partial charge in [-0.05, 0) is 48.9 Å². The maximum atomic E-state index is 13.7. The van der Waals surface area contributed by atoms with Crippen LogP contribution in [0.3, 0.4) is 0 Å². The first-order chi connectivity index (χ1) is 17.9. The van der Waals surface area contributed by atoms with Crippen molar-refractivity contribution < 1.29 is 23.4 Å². The summed E-state index contributed by atoms with van der Waals surface area (Å²) in [6.07, 6.45) is 4.82. The van der Waals surface area contributed by atoms with Crippen LogP contribution in [0, 0.1) is 17.1 Å². The Balaban J connectivity index is 1.63. The van der Waals surface area contributed by atoms with Crippen molar-refractivity contribution in [3.8, 4) is 34.4 Å². The smallest absolute Gasteiger partial charge is 0.262 e. The van der Waals surface area contributed by atoms with Crippen LogP contribution < -0.4 is 19.5 Å². The van der Waals surface area contributed by atoms with Gasteiger partial charge in [-0.2, -0.15) is 5.26 Å². The second-order valence-corrected chi connectivity index (χ2v) is 8.19. The van der Waals surface area contributed by atoms with E-state index in [4.69, 9.17) is 14.2 Å². The first kappa shape index (κ1) is 25.3. The second-order valence-electron chi connectivity index (χ2n) is 8.19. The number of aromatic nitrogens is 2. The van der Waals surface area contributed by atoms with Gasteiger partial charge in [-0.25, -0.2) is 9.37 Å². The molecule has 0 fully saturated rings. The Morgan fingerprint density at radius 3 is 2.54 bits per heavy atom. The normalized spacial score (nSPS) is 12.1. The molecule has 37 heavy (non-hydrogen) atoms. The van der Waals surface area contributed by atoms with E-state index in [2.05, 4.69) is 15.3 Å². The number of nitriles is 1. The fourth-order valence-electron chi connectivity index (χ4n) is 3.98. The largest absolute Gasteiger partial charge is 0.496 e. The van der Waals surface area contributed by atoms with Crippen LogP contribution in [0.4, 0.5) is 4.39 Å². The number of halogens is 1. The van der Waals surface area contributed by atoms with E-state index in [0.29, 0.717) is 45.0 Å². The molecule has 2 N–H and O–H groups in total. The zero-order valence-corrected chi connectivity index (χ0v) is 20.8. The predicted octanol–water partition coefficient (Wildman–Crippen LogP) is 5.18. The summed E-state index contributed by atoms with van der Waals surface area (Å²) in [5.41, 5.74) is 3.26. The minimum Gasteiger partial charge on any atom is -0.496 e. The van der Waals surface area contributed by atoms with E-state index in [1.54, 1.807) is 37.7 Å². The van der Waals surface area contributed by atoms with Gasteiger partial charge in [0.15, 0.2) is 11.5 Å². The number of aromatic amines is 1. The molecule has 0 spiro atoms. The van der Waals surface area contributed by atoms with Crippen molar-refractivity contribution in [1.82, 2.24) is 15.3 Å². The SMILES string of the molecule is COc1ccc([C@@H](C)NC(=O)/C(C#N)=C/c2c[nH]c3ncc(-c4ccc(F)cc4OC)cc23)cc1OC. The lowest BCUT2D eigenvalue weighted by Crippen LogP contribution is -2.27. The molecule has 0 aliphatic heterocycles. The topological polar surface area (TPSA) is 109 Å². The average molecular weight is 501 g/mol. The lowest BCUT2D eigenvalue weighted by molar-refractivity contribution is -0.117. The van der Waals surface area contributed by atoms with Gasteiger partial charge in [0, 0.05) is 40.5 Å². The number of hydrogen-bond acceptors (Lipinski definition) is 6. The van der Waals surface area contributed by atoms with Gasteiger partial charge in [0.2, 0.25) is 0 Å². The molecule has 8 nitrogen and oxygen atoms in total. The van der Waals surface area contributed by atoms with Crippen LogP contribution >= 0.6 is 0 Å². The van der Waals surface area contributed by atoms with Gasteiger partial charge in [0.05, 0.1) is 27.4 Å². The molecule has 2 aromatic carbocycles. The highest BCUT2D eigenvalue weighted by Gasteiger charge is 2.17. The molecule has 0 saturated heterocycles. The number of rotatable bonds is 8. The number of carbonyl (C=O) groups excluding carboxylic acids is 1. The lowest BCUT2D eigenvalue weighted by Gasteiger charge is -2.16. The van der Waals surface area contributed by atoms with Gasteiger partial charge in [0.1, 0.15) is 28.9 Å². The molecule has 0 radical (unpaired) electrons. The first-order valence-electron chi connectivity index (χ1n) is 11.3. The Morgan fingerprint density at radius 1 is 1.08 bits per heavy atom. The summed E-state index contributed by atoms with van der Waals surface area (Å²) < 4.78 is 29.6. The summed E-state index contributed by atoms with van der Waals surface area (Å²) in [6, 6.07) is 13.0. The van der Waals surface area contributed by atoms with E-state index in [1.807, 2.05) is 25.1 Å². The van der Waals surface area contributed by atoms with Crippen LogP contribution in [0.2, 0.25) is 0 Å². The van der Waals surface area contributed by atoms with Gasteiger partial charge in [-0.1, -0.05) is 6.07 Å². The number of H-pyrrole nitrogens is 1. The lowest BCUT2D eigenvalue weighted by atomic mass is 10.0. The molecule has 2 heterocycles. The number of nitrogens with zero attached hydrogens (tertiary/aromatic N) is 2. The maximum absolute atomic E-state index is 13.7. The second kappa shape index (κ2) is 10.8. The average Bonchev–Trinajstić information content (AvgIpc) is 3.32. The first-order valence-corrected chi connectivity index (χ1v) is 11.3. The summed E-state index contributed by atoms with van der Waals surface area (Å²) in [7, 11) is 4.55. The fourth-order valence-corrected chi connectivity index (χ4v) is 3.98. The molecule has 188 valence electrons. The molecule has 1 atom stereocenters. The molecule has 4 rings (SSSR count). The Hall–Kier alpha value is -4.84. The highest BCUT2D eigenvalue weighted by Crippen LogP contribution is 2.33. The van der Waals surface area contributed by atoms with E-state index in [9.17, 15) is 14.4 Å². The number of fused-ring (bicyclic) bond motifs is 1. The zero-order chi connectivity index (χ0) is 26.5. The molecule has 4 aromatic rings. The van der Waals surface area contributed by atoms with E-state index >= 15 is 0 Å². The Labute approximate surface area is 213 Å². The maximum Gasteiger partial charge on any atom is 0.262 e. The predicted molar refractivity (Wildman–Crippen MR) is 138 cm³/mol. The third-order valence-corrected chi connectivity index (χ3v) is 5.96. The monoisotopic (exact) mass is 500 g/mol. The highest BCUT2D eigenvalue weighted by atomic mass is 19.1. The van der Waals surface area contributed by atoms with Crippen LogP contribution in [-0.2, 0) is 4.79 Å². The Kier molecular flexibility index (Phi) is 7.39. The minimum atomic E-state index is -0.525. The molecule has 0 bridgehead atoms. The van der Waals surface area contributed by atoms with Gasteiger partial charge in [-0.3, -0.25) is 4.79 Å². The highest BCUT2D eigenvalue weighted by molar-refractivity contribution is 6.04. The van der Waals surface area contributed by atoms with E-state index in [1.165, 1.54) is 32.4 Å². The van der Waals surface area contributed by atoms with E-state index in [-0.39, 0.29) is 5.57 Å². The summed E-state index contributed by atoms with van der Waals surface area (Å²) in [5, 5.41) is 13.3. The van der Waals surface area contributed by atoms with Crippen molar-refractivity contribution in [3.63, 3.8) is 0 Å². The molecular weight excluding hydrogens is 475 g/mol. The third-order valence-electron chi connectivity index (χ3n) is 5.96. The van der Waals surface area contributed by atoms with E-state index < -0.39 is 17.8 Å². The van der Waals surface area contributed by atoms with Crippen molar-refractivity contribution in [2.45, 2.75) is 13.0 Å². The van der Waals surface area contributed by atoms with Gasteiger partial charge in [0.25, 0.3) is 5.91 Å². The number of pyridine rings is 1. The van der Waals surface area contributed by atoms with Crippen LogP contribution in [0.5, 0.6) is 17.2 Å². The molecule has 9 heteroatoms. The molecule has 0 unspecified atom stereocenters. The molecule has 0 aliphatic rings. The third kappa shape index (κ3) is 5.23. The number of ether oxygens (including phenoxy) is 3. The molecular formula is C28H25FN4O4. The Bertz CT molecular complexity index is 1540. The van der Waals surface area contributed by atoms with Crippen molar-refractivity contribution >= 4 is 23.0 Å². The quantitative estimate of drug-likeness (QED) is 0.255. The summed E-state index contributed by atoms with van der Waals surface area (Å²) in [4.78, 5) is 20.4. The zero-order valence-electron chi connectivity index (χ0n) is 20.8. The minimum absolute atomic E-state index is 0.0713. The van der Waals surface area contributed by atoms with Crippen molar-refractivity contribution in [3.05, 3.63) is 77.4 Å². The number of methoxy groups -OCH3 is 3. The van der Waals surface area contributed by atoms with Crippen molar-refractivity contribution in [2.24, 2.45) is 0 Å². The number of nitrogens with one attached hydrogen (secondary N) is 2. The number of carbonyl (C=O) groups is 1. The summed E-state index contributed by atoms with van der Waals surface area (Å²) in [6.45, 7) is 1.81. The standard InChI is InChI=1S/C28H25FN4O4/c1-16(17-5-8-24(35-2)26(11-17)37-4)33-28(34)18(13-30)9-19-14-31-27-23(19)10-20(15-32-27)22-7-6-21(29)12-25(22)36-3/h5-12,14-16H,1-4H3,(H,31,32)(H,33,34)/b18-9+/t16-/m1/s1. The van der Waals surface area contributed by atoms with Crippen molar-refractivity contribution in [2.75, 3.05) is 21.3 Å². The molecule has 0 saturated carbocycles. The van der Waals surface area contributed by atoms with Gasteiger partial charge in [-0.15, -0.1) is 0 Å². The van der Waals surface area contributed by atoms with Crippen LogP contribution in [-0.4, -0.2) is 37.2 Å². The molecule has 2 aromatic heterocycles. The summed E-state index contributed by atoms with van der Waals surface area (Å²) >= 11 is 0. The van der Waals surface area contributed by atoms with Crippen LogP contribution in [0.15, 0.2) is 60.4 Å². The molecule has 1 amide bonds. The Morgan fingerprint density at radius 2 is 1.84 bits per heavy atom. The van der Waals surface area contributed by atoms with E-state index in [0.717, 1.165) is 5.56 Å².